The number of ether oxygens (including phenoxy) is 3. The van der Waals surface area contributed by atoms with Gasteiger partial charge in [0.1, 0.15) is 12.4 Å². The van der Waals surface area contributed by atoms with Crippen LogP contribution in [0, 0.1) is 0 Å². The van der Waals surface area contributed by atoms with E-state index in [1.54, 1.807) is 7.11 Å². The summed E-state index contributed by atoms with van der Waals surface area (Å²) in [7, 11) is 1.63. The van der Waals surface area contributed by atoms with Crippen LogP contribution < -0.4 is 24.8 Å². The fraction of sp³-hybridized carbons (Fsp3) is 0.350. The summed E-state index contributed by atoms with van der Waals surface area (Å²) in [6.07, 6.45) is 0.153. The molecule has 6 heteroatoms. The molecule has 0 saturated heterocycles. The highest BCUT2D eigenvalue weighted by molar-refractivity contribution is 7.80. The molecule has 0 fully saturated rings. The Morgan fingerprint density at radius 2 is 1.65 bits per heavy atom. The maximum absolute atomic E-state index is 5.80. The number of hydrogen-bond donors (Lipinski definition) is 2. The van der Waals surface area contributed by atoms with Gasteiger partial charge in [-0.25, -0.2) is 0 Å². The molecule has 2 aromatic rings. The molecule has 2 N–H and O–H groups in total. The Kier molecular flexibility index (Phi) is 7.53. The van der Waals surface area contributed by atoms with Crippen molar-refractivity contribution >= 4 is 23.0 Å². The summed E-state index contributed by atoms with van der Waals surface area (Å²) in [5.74, 6) is 2.26. The van der Waals surface area contributed by atoms with Gasteiger partial charge in [0.2, 0.25) is 0 Å². The third-order valence-electron chi connectivity index (χ3n) is 3.42. The number of methoxy groups -OCH3 is 1. The molecular weight excluding hydrogens is 348 g/mol. The Balaban J connectivity index is 1.79. The van der Waals surface area contributed by atoms with Crippen LogP contribution in [-0.4, -0.2) is 31.0 Å². The summed E-state index contributed by atoms with van der Waals surface area (Å²) < 4.78 is 16.7. The van der Waals surface area contributed by atoms with Gasteiger partial charge in [0.15, 0.2) is 16.6 Å². The fourth-order valence-electron chi connectivity index (χ4n) is 2.27. The first-order valence-electron chi connectivity index (χ1n) is 8.58. The third-order valence-corrected chi connectivity index (χ3v) is 3.64. The van der Waals surface area contributed by atoms with Crippen LogP contribution >= 0.6 is 12.2 Å². The summed E-state index contributed by atoms with van der Waals surface area (Å²) in [5.41, 5.74) is 0.899. The first-order chi connectivity index (χ1) is 12.5. The number of rotatable bonds is 8. The van der Waals surface area contributed by atoms with Gasteiger partial charge in [-0.05, 0) is 69.4 Å². The van der Waals surface area contributed by atoms with Crippen molar-refractivity contribution in [1.82, 2.24) is 5.32 Å². The molecule has 0 spiro atoms. The Morgan fingerprint density at radius 3 is 2.27 bits per heavy atom. The summed E-state index contributed by atoms with van der Waals surface area (Å²) in [4.78, 5) is 0. The molecule has 0 radical (unpaired) electrons. The van der Waals surface area contributed by atoms with E-state index >= 15 is 0 Å². The number of anilines is 1. The Hall–Kier alpha value is -2.47. The van der Waals surface area contributed by atoms with Crippen molar-refractivity contribution in [1.29, 1.82) is 0 Å². The quantitative estimate of drug-likeness (QED) is 0.674. The molecule has 0 aromatic heterocycles. The van der Waals surface area contributed by atoms with Gasteiger partial charge in [0.25, 0.3) is 0 Å². The van der Waals surface area contributed by atoms with Crippen LogP contribution in [-0.2, 0) is 0 Å². The zero-order chi connectivity index (χ0) is 18.9. The van der Waals surface area contributed by atoms with Crippen molar-refractivity contribution in [2.45, 2.75) is 32.9 Å². The van der Waals surface area contributed by atoms with Gasteiger partial charge in [-0.1, -0.05) is 12.1 Å². The van der Waals surface area contributed by atoms with Gasteiger partial charge in [-0.2, -0.15) is 0 Å². The van der Waals surface area contributed by atoms with Crippen molar-refractivity contribution < 1.29 is 14.2 Å². The molecule has 0 saturated carbocycles. The van der Waals surface area contributed by atoms with E-state index in [1.807, 2.05) is 69.3 Å². The molecule has 0 amide bonds. The van der Waals surface area contributed by atoms with E-state index in [9.17, 15) is 0 Å². The summed E-state index contributed by atoms with van der Waals surface area (Å²) >= 11 is 5.36. The van der Waals surface area contributed by atoms with Gasteiger partial charge in [0, 0.05) is 5.69 Å². The predicted molar refractivity (Wildman–Crippen MR) is 110 cm³/mol. The minimum Gasteiger partial charge on any atom is -0.493 e. The van der Waals surface area contributed by atoms with E-state index in [-0.39, 0.29) is 12.1 Å². The largest absolute Gasteiger partial charge is 0.493 e. The molecule has 2 rings (SSSR count). The van der Waals surface area contributed by atoms with Crippen LogP contribution in [0.15, 0.2) is 48.5 Å². The molecule has 0 unspecified atom stereocenters. The van der Waals surface area contributed by atoms with Crippen LogP contribution in [0.5, 0.6) is 17.2 Å². The lowest BCUT2D eigenvalue weighted by Crippen LogP contribution is -2.39. The van der Waals surface area contributed by atoms with Crippen LogP contribution in [0.25, 0.3) is 0 Å². The van der Waals surface area contributed by atoms with Crippen molar-refractivity contribution in [3.8, 4) is 17.2 Å². The van der Waals surface area contributed by atoms with Crippen LogP contribution in [0.3, 0.4) is 0 Å². The molecular formula is C20H26N2O3S. The monoisotopic (exact) mass is 374 g/mol. The third kappa shape index (κ3) is 6.44. The van der Waals surface area contributed by atoms with Crippen LogP contribution in [0.2, 0.25) is 0 Å². The van der Waals surface area contributed by atoms with Gasteiger partial charge in [-0.15, -0.1) is 0 Å². The molecule has 0 aliphatic heterocycles. The maximum Gasteiger partial charge on any atom is 0.171 e. The SMILES string of the molecule is COc1ccccc1OC[C@H](C)NC(=S)Nc1ccc(OC(C)C)cc1. The number of para-hydroxylation sites is 2. The van der Waals surface area contributed by atoms with E-state index in [0.717, 1.165) is 11.4 Å². The topological polar surface area (TPSA) is 51.8 Å². The maximum atomic E-state index is 5.80. The van der Waals surface area contributed by atoms with Crippen molar-refractivity contribution in [3.63, 3.8) is 0 Å². The average molecular weight is 375 g/mol. The Morgan fingerprint density at radius 1 is 1.00 bits per heavy atom. The van der Waals surface area contributed by atoms with Gasteiger partial charge < -0.3 is 24.8 Å². The second kappa shape index (κ2) is 9.87. The first-order valence-corrected chi connectivity index (χ1v) is 8.99. The molecule has 0 aliphatic rings. The lowest BCUT2D eigenvalue weighted by Gasteiger charge is -2.18. The van der Waals surface area contributed by atoms with E-state index in [2.05, 4.69) is 10.6 Å². The standard InChI is InChI=1S/C20H26N2O3S/c1-14(2)25-17-11-9-16(10-12-17)22-20(26)21-15(3)13-24-19-8-6-5-7-18(19)23-4/h5-12,14-15H,13H2,1-4H3,(H2,21,22,26)/t15-/m0/s1. The minimum absolute atomic E-state index is 0.0310. The molecule has 26 heavy (non-hydrogen) atoms. The lowest BCUT2D eigenvalue weighted by atomic mass is 10.3. The minimum atomic E-state index is 0.0310. The highest BCUT2D eigenvalue weighted by Crippen LogP contribution is 2.25. The molecule has 5 nitrogen and oxygen atoms in total. The highest BCUT2D eigenvalue weighted by atomic mass is 32.1. The van der Waals surface area contributed by atoms with Crippen molar-refractivity contribution in [2.24, 2.45) is 0 Å². The van der Waals surface area contributed by atoms with E-state index < -0.39 is 0 Å². The average Bonchev–Trinajstić information content (AvgIpc) is 2.61. The number of hydrogen-bond acceptors (Lipinski definition) is 4. The number of thiocarbonyl (C=S) groups is 1. The number of nitrogens with one attached hydrogen (secondary N) is 2. The lowest BCUT2D eigenvalue weighted by molar-refractivity contribution is 0.242. The zero-order valence-corrected chi connectivity index (χ0v) is 16.4. The molecule has 0 heterocycles. The van der Waals surface area contributed by atoms with E-state index in [1.165, 1.54) is 0 Å². The molecule has 140 valence electrons. The summed E-state index contributed by atoms with van der Waals surface area (Å²) in [6.45, 7) is 6.46. The van der Waals surface area contributed by atoms with Gasteiger partial charge in [0.05, 0.1) is 19.3 Å². The van der Waals surface area contributed by atoms with Crippen molar-refractivity contribution in [3.05, 3.63) is 48.5 Å². The first kappa shape index (κ1) is 19.8. The molecule has 0 bridgehead atoms. The van der Waals surface area contributed by atoms with Crippen LogP contribution in [0.4, 0.5) is 5.69 Å². The predicted octanol–water partition coefficient (Wildman–Crippen LogP) is 4.24. The molecule has 0 aliphatic carbocycles. The van der Waals surface area contributed by atoms with E-state index in [0.29, 0.717) is 23.2 Å². The second-order valence-corrected chi connectivity index (χ2v) is 6.56. The van der Waals surface area contributed by atoms with Crippen LogP contribution in [0.1, 0.15) is 20.8 Å². The molecule has 1 atom stereocenters. The number of benzene rings is 2. The zero-order valence-electron chi connectivity index (χ0n) is 15.6. The fourth-order valence-corrected chi connectivity index (χ4v) is 2.59. The highest BCUT2D eigenvalue weighted by Gasteiger charge is 2.08. The summed E-state index contributed by atoms with van der Waals surface area (Å²) in [6, 6.07) is 15.3. The van der Waals surface area contributed by atoms with E-state index in [4.69, 9.17) is 26.4 Å². The van der Waals surface area contributed by atoms with Gasteiger partial charge >= 0.3 is 0 Å². The van der Waals surface area contributed by atoms with Gasteiger partial charge in [-0.3, -0.25) is 0 Å². The normalized spacial score (nSPS) is 11.6. The molecule has 2 aromatic carbocycles. The summed E-state index contributed by atoms with van der Waals surface area (Å²) in [5, 5.41) is 6.91. The Labute approximate surface area is 160 Å². The second-order valence-electron chi connectivity index (χ2n) is 6.15. The smallest absolute Gasteiger partial charge is 0.171 e. The van der Waals surface area contributed by atoms with Crippen molar-refractivity contribution in [2.75, 3.05) is 19.0 Å². The Bertz CT molecular complexity index is 704.